The first-order valence-corrected chi connectivity index (χ1v) is 7.24. The van der Waals surface area contributed by atoms with Crippen molar-refractivity contribution in [2.45, 2.75) is 0 Å². The fourth-order valence-electron chi connectivity index (χ4n) is 0.734. The van der Waals surface area contributed by atoms with Gasteiger partial charge in [0.15, 0.2) is 5.03 Å². The standard InChI is InChI=1S/C7H11NOS3/c1-10-6-11-12-7-4-2-3-5-8(7)9/h2-4,8H,5-6H2,1H3. The Labute approximate surface area is 84.8 Å². The molecule has 0 aliphatic carbocycles. The van der Waals surface area contributed by atoms with Gasteiger partial charge in [0.1, 0.15) is 6.54 Å². The lowest BCUT2D eigenvalue weighted by Crippen LogP contribution is -3.04. The molecule has 0 fully saturated rings. The summed E-state index contributed by atoms with van der Waals surface area (Å²) in [6.45, 7) is 0.568. The predicted octanol–water partition coefficient (Wildman–Crippen LogP) is 1.48. The summed E-state index contributed by atoms with van der Waals surface area (Å²) in [5.41, 5.74) is 0. The van der Waals surface area contributed by atoms with Crippen molar-refractivity contribution in [2.24, 2.45) is 0 Å². The Hall–Kier alpha value is 0.450. The van der Waals surface area contributed by atoms with Gasteiger partial charge in [0.25, 0.3) is 0 Å². The van der Waals surface area contributed by atoms with Crippen LogP contribution in [0.4, 0.5) is 0 Å². The van der Waals surface area contributed by atoms with Gasteiger partial charge in [-0.3, -0.25) is 0 Å². The Morgan fingerprint density at radius 1 is 1.67 bits per heavy atom. The third-order valence-corrected chi connectivity index (χ3v) is 5.02. The molecule has 0 amide bonds. The number of hydrogen-bond donors (Lipinski definition) is 1. The Morgan fingerprint density at radius 2 is 2.50 bits per heavy atom. The molecular weight excluding hydrogens is 210 g/mol. The minimum atomic E-state index is 0.246. The van der Waals surface area contributed by atoms with Gasteiger partial charge in [0.2, 0.25) is 0 Å². The highest BCUT2D eigenvalue weighted by atomic mass is 33.1. The lowest BCUT2D eigenvalue weighted by molar-refractivity contribution is -0.790. The SMILES string of the molecule is CSCSSC1=CC=CC[NH+]1[O-]. The highest BCUT2D eigenvalue weighted by Crippen LogP contribution is 2.29. The van der Waals surface area contributed by atoms with Gasteiger partial charge < -0.3 is 10.3 Å². The summed E-state index contributed by atoms with van der Waals surface area (Å²) in [6, 6.07) is 0. The van der Waals surface area contributed by atoms with Crippen molar-refractivity contribution in [2.75, 3.05) is 17.9 Å². The molecule has 12 heavy (non-hydrogen) atoms. The summed E-state index contributed by atoms with van der Waals surface area (Å²) in [6.07, 6.45) is 7.80. The minimum Gasteiger partial charge on any atom is -0.628 e. The molecule has 0 radical (unpaired) electrons. The van der Waals surface area contributed by atoms with E-state index >= 15 is 0 Å². The molecule has 1 atom stereocenters. The van der Waals surface area contributed by atoms with Crippen LogP contribution >= 0.6 is 33.3 Å². The first kappa shape index (κ1) is 10.5. The zero-order valence-electron chi connectivity index (χ0n) is 6.78. The van der Waals surface area contributed by atoms with E-state index in [0.29, 0.717) is 6.54 Å². The molecule has 1 N–H and O–H groups in total. The first-order chi connectivity index (χ1) is 5.84. The molecule has 1 rings (SSSR count). The van der Waals surface area contributed by atoms with Crippen molar-refractivity contribution >= 4 is 33.3 Å². The van der Waals surface area contributed by atoms with E-state index in [9.17, 15) is 5.21 Å². The van der Waals surface area contributed by atoms with Gasteiger partial charge in [-0.05, 0) is 12.3 Å². The van der Waals surface area contributed by atoms with Crippen LogP contribution in [-0.2, 0) is 0 Å². The van der Waals surface area contributed by atoms with Crippen LogP contribution in [0.2, 0.25) is 0 Å². The molecule has 1 unspecified atom stereocenters. The van der Waals surface area contributed by atoms with E-state index in [-0.39, 0.29) is 5.06 Å². The monoisotopic (exact) mass is 221 g/mol. The molecule has 5 heteroatoms. The Balaban J connectivity index is 2.29. The van der Waals surface area contributed by atoms with Gasteiger partial charge in [-0.2, -0.15) is 11.8 Å². The van der Waals surface area contributed by atoms with Crippen LogP contribution in [0.25, 0.3) is 0 Å². The van der Waals surface area contributed by atoms with E-state index in [0.717, 1.165) is 10.1 Å². The molecule has 0 saturated heterocycles. The van der Waals surface area contributed by atoms with Crippen LogP contribution in [0.1, 0.15) is 0 Å². The van der Waals surface area contributed by atoms with Crippen molar-refractivity contribution < 1.29 is 5.06 Å². The maximum Gasteiger partial charge on any atom is 0.176 e. The molecule has 1 aliphatic rings. The third-order valence-electron chi connectivity index (χ3n) is 1.28. The van der Waals surface area contributed by atoms with Crippen molar-refractivity contribution in [3.63, 3.8) is 0 Å². The Kier molecular flexibility index (Phi) is 5.25. The highest BCUT2D eigenvalue weighted by Gasteiger charge is 2.08. The number of quaternary nitrogens is 1. The summed E-state index contributed by atoms with van der Waals surface area (Å²) in [4.78, 5) is 0. The molecule has 1 heterocycles. The van der Waals surface area contributed by atoms with Crippen LogP contribution in [-0.4, -0.2) is 17.9 Å². The number of thioether (sulfide) groups is 1. The van der Waals surface area contributed by atoms with Gasteiger partial charge in [-0.15, -0.1) is 0 Å². The quantitative estimate of drug-likeness (QED) is 0.337. The van der Waals surface area contributed by atoms with Crippen LogP contribution in [0.5, 0.6) is 0 Å². The van der Waals surface area contributed by atoms with Crippen LogP contribution in [0.3, 0.4) is 0 Å². The van der Waals surface area contributed by atoms with Crippen LogP contribution < -0.4 is 5.06 Å². The van der Waals surface area contributed by atoms with E-state index in [1.54, 1.807) is 33.3 Å². The highest BCUT2D eigenvalue weighted by molar-refractivity contribution is 8.79. The van der Waals surface area contributed by atoms with E-state index < -0.39 is 0 Å². The van der Waals surface area contributed by atoms with Gasteiger partial charge in [-0.25, -0.2) is 0 Å². The summed E-state index contributed by atoms with van der Waals surface area (Å²) in [5.74, 6) is 0. The lowest BCUT2D eigenvalue weighted by Gasteiger charge is -2.23. The molecule has 0 aromatic rings. The second-order valence-electron chi connectivity index (χ2n) is 2.19. The number of hydroxylamine groups is 2. The van der Waals surface area contributed by atoms with Crippen molar-refractivity contribution in [1.82, 2.24) is 0 Å². The van der Waals surface area contributed by atoms with Crippen molar-refractivity contribution in [1.29, 1.82) is 0 Å². The summed E-state index contributed by atoms with van der Waals surface area (Å²) >= 11 is 1.78. The maximum atomic E-state index is 11.2. The van der Waals surface area contributed by atoms with Crippen LogP contribution in [0.15, 0.2) is 23.3 Å². The average molecular weight is 221 g/mol. The van der Waals surface area contributed by atoms with Crippen LogP contribution in [0, 0.1) is 5.21 Å². The van der Waals surface area contributed by atoms with Crippen molar-refractivity contribution in [3.05, 3.63) is 28.5 Å². The van der Waals surface area contributed by atoms with Gasteiger partial charge in [0.05, 0.1) is 0 Å². The smallest absolute Gasteiger partial charge is 0.176 e. The van der Waals surface area contributed by atoms with E-state index in [1.807, 2.05) is 18.2 Å². The second-order valence-corrected chi connectivity index (χ2v) is 5.76. The number of rotatable bonds is 4. The minimum absolute atomic E-state index is 0.246. The number of hydrogen-bond acceptors (Lipinski definition) is 4. The largest absolute Gasteiger partial charge is 0.628 e. The van der Waals surface area contributed by atoms with Crippen molar-refractivity contribution in [3.8, 4) is 0 Å². The zero-order chi connectivity index (χ0) is 8.81. The van der Waals surface area contributed by atoms with Gasteiger partial charge in [-0.1, -0.05) is 16.9 Å². The maximum absolute atomic E-state index is 11.2. The first-order valence-electron chi connectivity index (χ1n) is 3.53. The Morgan fingerprint density at radius 3 is 3.17 bits per heavy atom. The van der Waals surface area contributed by atoms with E-state index in [1.165, 1.54) is 0 Å². The molecule has 0 spiro atoms. The molecule has 1 aliphatic heterocycles. The molecule has 0 saturated carbocycles. The molecule has 0 aromatic carbocycles. The molecule has 68 valence electrons. The second kappa shape index (κ2) is 5.99. The normalized spacial score (nSPS) is 22.5. The molecule has 0 aromatic heterocycles. The topological polar surface area (TPSA) is 27.5 Å². The lowest BCUT2D eigenvalue weighted by atomic mass is 10.4. The molecule has 0 bridgehead atoms. The number of nitrogens with one attached hydrogen (secondary N) is 1. The molecular formula is C7H11NOS3. The summed E-state index contributed by atoms with van der Waals surface area (Å²) < 4.78 is 0. The fourth-order valence-corrected chi connectivity index (χ4v) is 3.87. The van der Waals surface area contributed by atoms with E-state index in [2.05, 4.69) is 6.26 Å². The number of allylic oxidation sites excluding steroid dienone is 2. The van der Waals surface area contributed by atoms with Gasteiger partial charge in [0, 0.05) is 22.0 Å². The third kappa shape index (κ3) is 3.45. The zero-order valence-corrected chi connectivity index (χ0v) is 9.23. The average Bonchev–Trinajstić information content (AvgIpc) is 2.09. The van der Waals surface area contributed by atoms with Gasteiger partial charge >= 0.3 is 0 Å². The van der Waals surface area contributed by atoms with E-state index in [4.69, 9.17) is 0 Å². The predicted molar refractivity (Wildman–Crippen MR) is 60.0 cm³/mol. The molecule has 2 nitrogen and oxygen atoms in total. The summed E-state index contributed by atoms with van der Waals surface area (Å²) in [7, 11) is 3.31. The fraction of sp³-hybridized carbons (Fsp3) is 0.429. The summed E-state index contributed by atoms with van der Waals surface area (Å²) in [5, 5.41) is 13.4. The Bertz CT molecular complexity index is 193.